The van der Waals surface area contributed by atoms with Crippen molar-refractivity contribution < 1.29 is 139 Å². The first kappa shape index (κ1) is 117. The van der Waals surface area contributed by atoms with Gasteiger partial charge in [0, 0.05) is 78.5 Å². The number of hydrogen-bond acceptors (Lipinski definition) is 29. The van der Waals surface area contributed by atoms with Gasteiger partial charge in [-0.3, -0.25) is 81.5 Å². The van der Waals surface area contributed by atoms with Crippen LogP contribution in [0, 0.1) is 58.2 Å². The third-order valence-electron chi connectivity index (χ3n) is 28.3. The zero-order valence-corrected chi connectivity index (χ0v) is 86.1. The molecule has 2 aliphatic heterocycles. The lowest BCUT2D eigenvalue weighted by Crippen LogP contribution is -2.61. The van der Waals surface area contributed by atoms with E-state index in [4.69, 9.17) is 48.4 Å². The second-order valence-corrected chi connectivity index (χ2v) is 40.4. The van der Waals surface area contributed by atoms with E-state index in [1.807, 2.05) is 75.3 Å². The van der Waals surface area contributed by atoms with Crippen LogP contribution in [0.5, 0.6) is 0 Å². The number of primary amides is 1. The molecular formula is C99H157N11O29. The van der Waals surface area contributed by atoms with E-state index >= 15 is 19.2 Å². The number of hydrogen-bond donors (Lipinski definition) is 4. The number of ether oxygens (including phenoxy) is 9. The third kappa shape index (κ3) is 29.9. The van der Waals surface area contributed by atoms with Crippen molar-refractivity contribution in [1.29, 1.82) is 0 Å². The van der Waals surface area contributed by atoms with Gasteiger partial charge in [0.15, 0.2) is 18.5 Å². The van der Waals surface area contributed by atoms with Gasteiger partial charge in [-0.2, -0.15) is 0 Å². The standard InChI is InChI=1S/C99H157N11O29/c1-25-27-28-70-86(139-96(129)138-56-137-82(119)34-32-80(117)135-46-44-133-42-40-131-39-41-132-43-45-134-79(116)31-33-81(118)136-55-76(113)99(130)38-36-68-67-30-29-65-52-66(111)35-37-97(65,16)83(67)75(112)53-98(68,99)17)85(95(128)110(70)69(26-2)90(123)102(18)54-78(115)103(19)71(87(100)120)47-57(3)4)108(24)94(127)84(61(11)12)107(23)92(125)73(49-59(7)8)106(22)91(124)72(48-58(5)6)105(21)89(122)63(14)101-88(121)64(15)109-62(13)51-74(93(109)126)104(20)77(114)50-60(9)10/h25,27,35,37,52,57-64,67-75,83-86,112,130H,26,28-34,36,38-51,53-56H2,1-24H3,(H2,100,120)(H,101,121)/b27-25+/t62?,63?,64?,67?,68?,69?,70-,71+,72?,73?,74?,75+,83?,84?,85?,86-,97+,98+,99+/m1/s1. The van der Waals surface area contributed by atoms with Crippen LogP contribution in [0.25, 0.3) is 0 Å². The lowest BCUT2D eigenvalue weighted by Gasteiger charge is -2.59. The SMILES string of the molecule is C/C=C/C[C@@H]1[C@@H](OC(=O)OCOC(=O)CCC(=O)OCCOCCOCCOCCOC(=O)CCC(=O)OCC(=O)[C@@]2(O)CCC3C4CCC5=CC(=O)C=C[C@]5(C)C4[C@@H](O)C[C@@]32C)C(N(C)C(=O)C(C(C)C)N(C)C(=O)C(CC(C)C)N(C)C(=O)C(CC(C)C)N(C)C(=O)C(C)NC(=O)C(C)N2C(=O)C(N(C)C(=O)CC(C)C)CC2C)C(=O)N1C(CC)C(=O)N(C)CC(=O)N(C)[C@@H](CC(C)C)C(N)=O. The molecule has 0 aromatic carbocycles. The number of carbonyl (C=O) groups excluding carboxylic acids is 18. The molecule has 6 rings (SSSR count). The first-order chi connectivity index (χ1) is 65.1. The summed E-state index contributed by atoms with van der Waals surface area (Å²) in [5.41, 5.74) is 3.38. The number of carbonyl (C=O) groups is 18. The lowest BCUT2D eigenvalue weighted by atomic mass is 9.46. The Labute approximate surface area is 818 Å². The topological polar surface area (TPSA) is 498 Å². The molecule has 40 heteroatoms. The number of aliphatic hydroxyl groups is 2. The van der Waals surface area contributed by atoms with Gasteiger partial charge in [0.25, 0.3) is 0 Å². The number of nitrogens with one attached hydrogen (secondary N) is 1. The van der Waals surface area contributed by atoms with Gasteiger partial charge in [-0.1, -0.05) is 114 Å². The minimum atomic E-state index is -1.85. The van der Waals surface area contributed by atoms with Crippen molar-refractivity contribution in [1.82, 2.24) is 49.4 Å². The number of fused-ring (bicyclic) bond motifs is 5. The molecule has 0 aromatic heterocycles. The fourth-order valence-electron chi connectivity index (χ4n) is 20.7. The van der Waals surface area contributed by atoms with Gasteiger partial charge < -0.3 is 108 Å². The number of Topliss-reactive ketones (excluding diaryl/α,β-unsaturated/α-hetero) is 1. The Morgan fingerprint density at radius 3 is 1.64 bits per heavy atom. The van der Waals surface area contributed by atoms with Crippen molar-refractivity contribution in [2.24, 2.45) is 63.9 Å². The van der Waals surface area contributed by atoms with Crippen LogP contribution in [0.1, 0.15) is 220 Å². The fraction of sp³-hybridized carbons (Fsp3) is 0.758. The minimum absolute atomic E-state index is 0.00833. The predicted molar refractivity (Wildman–Crippen MR) is 505 cm³/mol. The molecule has 2 saturated heterocycles. The van der Waals surface area contributed by atoms with E-state index in [0.717, 1.165) is 30.1 Å². The molecule has 0 spiro atoms. The van der Waals surface area contributed by atoms with Crippen molar-refractivity contribution >= 4 is 107 Å². The number of esters is 4. The van der Waals surface area contributed by atoms with Crippen LogP contribution < -0.4 is 11.1 Å². The summed E-state index contributed by atoms with van der Waals surface area (Å²) >= 11 is 0. The van der Waals surface area contributed by atoms with Gasteiger partial charge in [0.1, 0.15) is 73.2 Å². The normalized spacial score (nSPS) is 24.2. The summed E-state index contributed by atoms with van der Waals surface area (Å²) in [5, 5.41) is 26.4. The molecule has 19 atom stereocenters. The highest BCUT2D eigenvalue weighted by Crippen LogP contribution is 2.67. The number of nitrogens with zero attached hydrogens (tertiary/aromatic N) is 9. The highest BCUT2D eigenvalue weighted by atomic mass is 16.8. The first-order valence-electron chi connectivity index (χ1n) is 48.9. The molecule has 40 nitrogen and oxygen atoms in total. The van der Waals surface area contributed by atoms with Gasteiger partial charge in [-0.05, 0) is 152 Å². The molecule has 6 aliphatic rings. The maximum Gasteiger partial charge on any atom is 0.511 e. The molecule has 11 amide bonds. The average Bonchev–Trinajstić information content (AvgIpc) is 1.57. The van der Waals surface area contributed by atoms with Gasteiger partial charge in [-0.15, -0.1) is 0 Å². The van der Waals surface area contributed by atoms with E-state index in [9.17, 15) is 77.3 Å². The monoisotopic (exact) mass is 1960 g/mol. The largest absolute Gasteiger partial charge is 0.511 e. The number of aliphatic hydroxyl groups excluding tert-OH is 1. The number of nitrogens with two attached hydrogens (primary N) is 1. The second-order valence-electron chi connectivity index (χ2n) is 40.4. The molecule has 2 heterocycles. The van der Waals surface area contributed by atoms with Crippen LogP contribution in [0.4, 0.5) is 4.79 Å². The van der Waals surface area contributed by atoms with E-state index in [0.29, 0.717) is 19.3 Å². The van der Waals surface area contributed by atoms with Crippen LogP contribution in [-0.4, -0.2) is 367 Å². The zero-order valence-electron chi connectivity index (χ0n) is 86.1. The number of likely N-dealkylation sites (N-methyl/N-ethyl adjacent to an activating group) is 7. The van der Waals surface area contributed by atoms with Gasteiger partial charge >= 0.3 is 30.0 Å². The predicted octanol–water partition coefficient (Wildman–Crippen LogP) is 5.04. The van der Waals surface area contributed by atoms with Gasteiger partial charge in [0.05, 0.1) is 84.0 Å². The Morgan fingerprint density at radius 2 is 1.12 bits per heavy atom. The highest BCUT2D eigenvalue weighted by Gasteiger charge is 2.69. The number of likely N-dealkylation sites (tertiary alicyclic amines) is 2. The third-order valence-corrected chi connectivity index (χ3v) is 28.3. The van der Waals surface area contributed by atoms with Gasteiger partial charge in [-0.25, -0.2) is 4.79 Å². The molecule has 12 unspecified atom stereocenters. The van der Waals surface area contributed by atoms with Crippen molar-refractivity contribution in [2.75, 3.05) is 122 Å². The summed E-state index contributed by atoms with van der Waals surface area (Å²) in [6, 6.07) is -13.0. The van der Waals surface area contributed by atoms with E-state index < -0.39 is 229 Å². The zero-order chi connectivity index (χ0) is 104. The Morgan fingerprint density at radius 1 is 0.604 bits per heavy atom. The summed E-state index contributed by atoms with van der Waals surface area (Å²) < 4.78 is 48.4. The van der Waals surface area contributed by atoms with Crippen LogP contribution in [-0.2, 0) is 124 Å². The molecule has 5 fully saturated rings. The minimum Gasteiger partial charge on any atom is -0.463 e. The first-order valence-corrected chi connectivity index (χ1v) is 48.9. The lowest BCUT2D eigenvalue weighted by molar-refractivity contribution is -0.181. The Bertz CT molecular complexity index is 4440. The molecule has 0 radical (unpaired) electrons. The van der Waals surface area contributed by atoms with E-state index in [2.05, 4.69) is 5.32 Å². The summed E-state index contributed by atoms with van der Waals surface area (Å²) in [6.07, 6.45) is 5.36. The summed E-state index contributed by atoms with van der Waals surface area (Å²) in [7, 11) is 9.70. The number of ketones is 2. The van der Waals surface area contributed by atoms with Crippen LogP contribution in [0.3, 0.4) is 0 Å². The van der Waals surface area contributed by atoms with Crippen molar-refractivity contribution in [2.45, 2.75) is 305 Å². The average molecular weight is 1970 g/mol. The maximum atomic E-state index is 15.7. The Hall–Kier alpha value is -10.3. The Balaban J connectivity index is 1.01. The molecule has 4 aliphatic carbocycles. The molecule has 0 bridgehead atoms. The molecule has 3 saturated carbocycles. The van der Waals surface area contributed by atoms with Crippen molar-refractivity contribution in [3.05, 3.63) is 36.0 Å². The van der Waals surface area contributed by atoms with E-state index in [-0.39, 0.29) is 177 Å². The summed E-state index contributed by atoms with van der Waals surface area (Å²) in [5.74, 6) is -13.0. The molecule has 5 N–H and O–H groups in total. The van der Waals surface area contributed by atoms with Crippen LogP contribution in [0.2, 0.25) is 0 Å². The molecular weight excluding hydrogens is 1810 g/mol. The second kappa shape index (κ2) is 53.0. The number of amides is 11. The fourth-order valence-corrected chi connectivity index (χ4v) is 20.7. The quantitative estimate of drug-likeness (QED) is 0.0204. The maximum absolute atomic E-state index is 15.7. The summed E-state index contributed by atoms with van der Waals surface area (Å²) in [4.78, 5) is 261. The number of rotatable bonds is 54. The number of allylic oxidation sites excluding steroid dienone is 5. The van der Waals surface area contributed by atoms with Crippen molar-refractivity contribution in [3.63, 3.8) is 0 Å². The molecule has 0 aromatic rings. The summed E-state index contributed by atoms with van der Waals surface area (Å²) in [6.45, 7) is 27.7. The van der Waals surface area contributed by atoms with Crippen molar-refractivity contribution in [3.8, 4) is 0 Å². The van der Waals surface area contributed by atoms with Crippen LogP contribution >= 0.6 is 0 Å². The van der Waals surface area contributed by atoms with Crippen LogP contribution in [0.15, 0.2) is 36.0 Å². The molecule has 782 valence electrons. The highest BCUT2D eigenvalue weighted by molar-refractivity contribution is 6.02. The smallest absolute Gasteiger partial charge is 0.463 e. The van der Waals surface area contributed by atoms with E-state index in [1.165, 1.54) is 75.7 Å². The van der Waals surface area contributed by atoms with E-state index in [1.54, 1.807) is 66.0 Å². The Kier molecular flexibility index (Phi) is 44.7. The van der Waals surface area contributed by atoms with Gasteiger partial charge in [0.2, 0.25) is 77.6 Å². The molecule has 139 heavy (non-hydrogen) atoms.